The zero-order valence-corrected chi connectivity index (χ0v) is 28.6. The van der Waals surface area contributed by atoms with Crippen molar-refractivity contribution in [3.63, 3.8) is 0 Å². The topological polar surface area (TPSA) is 128 Å². The van der Waals surface area contributed by atoms with Gasteiger partial charge in [-0.1, -0.05) is 5.16 Å². The molecule has 6 rings (SSSR count). The van der Waals surface area contributed by atoms with Crippen molar-refractivity contribution in [3.8, 4) is 46.0 Å². The summed E-state index contributed by atoms with van der Waals surface area (Å²) in [4.78, 5) is 25.5. The van der Waals surface area contributed by atoms with Gasteiger partial charge in [-0.3, -0.25) is 9.79 Å². The third-order valence-electron chi connectivity index (χ3n) is 8.77. The van der Waals surface area contributed by atoms with E-state index in [-0.39, 0.29) is 18.1 Å². The van der Waals surface area contributed by atoms with E-state index in [2.05, 4.69) is 10.1 Å². The Balaban J connectivity index is 1.09. The normalized spacial score (nSPS) is 17.7. The smallest absolute Gasteiger partial charge is 0.256 e. The van der Waals surface area contributed by atoms with Gasteiger partial charge in [-0.25, -0.2) is 0 Å². The molecule has 0 N–H and O–H groups in total. The van der Waals surface area contributed by atoms with Crippen molar-refractivity contribution in [2.45, 2.75) is 37.8 Å². The van der Waals surface area contributed by atoms with Gasteiger partial charge in [0.05, 0.1) is 78.9 Å². The highest BCUT2D eigenvalue weighted by Gasteiger charge is 2.33. The number of amides is 1. The van der Waals surface area contributed by atoms with Crippen LogP contribution in [0.4, 0.5) is 5.69 Å². The summed E-state index contributed by atoms with van der Waals surface area (Å²) >= 11 is 0. The fourth-order valence-corrected chi connectivity index (χ4v) is 6.24. The number of nitrogens with zero attached hydrogens (tertiary/aromatic N) is 3. The highest BCUT2D eigenvalue weighted by atomic mass is 16.6. The number of carbonyl (C=O) groups excluding carboxylic acids is 1. The predicted octanol–water partition coefficient (Wildman–Crippen LogP) is 5.77. The molecule has 3 aromatic rings. The standard InChI is InChI=1S/C36H41N3O10/c1-41-28-17-24-26(37-20-23-9-7-10-39(23)36(24)40)19-29(28)47-11-8-12-48-35-32(44-4)15-22(16-33(35)45-5)27-18-25(38-49-27)21-13-30(42-2)34(46-6)31(14-21)43-3/h13-17,19-20,23,27H,7-12,18H2,1-6H3/t23-,27?/m0/s1. The second kappa shape index (κ2) is 14.8. The van der Waals surface area contributed by atoms with Crippen LogP contribution in [0.1, 0.15) is 53.3 Å². The fourth-order valence-electron chi connectivity index (χ4n) is 6.24. The van der Waals surface area contributed by atoms with Crippen molar-refractivity contribution < 1.29 is 47.5 Å². The number of oxime groups is 1. The molecule has 13 nitrogen and oxygen atoms in total. The van der Waals surface area contributed by atoms with E-state index in [1.54, 1.807) is 54.8 Å². The number of carbonyl (C=O) groups is 1. The van der Waals surface area contributed by atoms with Crippen molar-refractivity contribution in [1.29, 1.82) is 0 Å². The van der Waals surface area contributed by atoms with E-state index in [4.69, 9.17) is 42.7 Å². The number of aliphatic imine (C=N–C) groups is 1. The molecule has 0 saturated carbocycles. The number of hydrogen-bond acceptors (Lipinski definition) is 12. The van der Waals surface area contributed by atoms with E-state index in [0.29, 0.717) is 83.3 Å². The molecule has 49 heavy (non-hydrogen) atoms. The molecule has 3 aromatic carbocycles. The molecule has 2 atom stereocenters. The van der Waals surface area contributed by atoms with Gasteiger partial charge in [0.2, 0.25) is 11.5 Å². The summed E-state index contributed by atoms with van der Waals surface area (Å²) < 4.78 is 45.7. The quantitative estimate of drug-likeness (QED) is 0.194. The van der Waals surface area contributed by atoms with Gasteiger partial charge in [-0.05, 0) is 43.2 Å². The Morgan fingerprint density at radius 3 is 2.06 bits per heavy atom. The van der Waals surface area contributed by atoms with Crippen LogP contribution in [0.15, 0.2) is 46.5 Å². The average molecular weight is 676 g/mol. The largest absolute Gasteiger partial charge is 0.493 e. The average Bonchev–Trinajstić information content (AvgIpc) is 3.81. The van der Waals surface area contributed by atoms with Crippen LogP contribution in [0.2, 0.25) is 0 Å². The molecular formula is C36H41N3O10. The Bertz CT molecular complexity index is 1710. The van der Waals surface area contributed by atoms with E-state index in [1.165, 1.54) is 0 Å². The minimum atomic E-state index is -0.383. The molecular weight excluding hydrogens is 634 g/mol. The molecule has 0 spiro atoms. The van der Waals surface area contributed by atoms with Crippen LogP contribution in [0, 0.1) is 0 Å². The summed E-state index contributed by atoms with van der Waals surface area (Å²) in [5.74, 6) is 3.97. The number of ether oxygens (including phenoxy) is 8. The van der Waals surface area contributed by atoms with Gasteiger partial charge in [-0.15, -0.1) is 0 Å². The van der Waals surface area contributed by atoms with Crippen molar-refractivity contribution in [2.75, 3.05) is 62.4 Å². The molecule has 260 valence electrons. The Hall–Kier alpha value is -5.33. The summed E-state index contributed by atoms with van der Waals surface area (Å²) in [6.45, 7) is 1.39. The lowest BCUT2D eigenvalue weighted by atomic mass is 9.99. The summed E-state index contributed by atoms with van der Waals surface area (Å²) in [5.41, 5.74) is 3.43. The lowest BCUT2D eigenvalue weighted by Crippen LogP contribution is -2.35. The Morgan fingerprint density at radius 1 is 0.755 bits per heavy atom. The SMILES string of the molecule is COc1cc2c(cc1OCCCOc1c(OC)cc(C3CC(c4cc(OC)c(OC)c(OC)c4)=NO3)cc1OC)N=C[C@@H]1CCCN1C2=O. The third-order valence-corrected chi connectivity index (χ3v) is 8.77. The first kappa shape index (κ1) is 33.6. The minimum Gasteiger partial charge on any atom is -0.493 e. The Labute approximate surface area is 285 Å². The van der Waals surface area contributed by atoms with Gasteiger partial charge in [0.25, 0.3) is 5.91 Å². The van der Waals surface area contributed by atoms with Crippen LogP contribution in [0.25, 0.3) is 0 Å². The maximum atomic E-state index is 13.2. The number of benzene rings is 3. The van der Waals surface area contributed by atoms with Gasteiger partial charge < -0.3 is 47.6 Å². The lowest BCUT2D eigenvalue weighted by Gasteiger charge is -2.20. The zero-order valence-electron chi connectivity index (χ0n) is 28.6. The molecule has 13 heteroatoms. The van der Waals surface area contributed by atoms with E-state index in [1.807, 2.05) is 35.4 Å². The maximum absolute atomic E-state index is 13.2. The summed E-state index contributed by atoms with van der Waals surface area (Å²) in [7, 11) is 9.40. The second-order valence-electron chi connectivity index (χ2n) is 11.6. The predicted molar refractivity (Wildman–Crippen MR) is 181 cm³/mol. The van der Waals surface area contributed by atoms with Crippen molar-refractivity contribution >= 4 is 23.5 Å². The van der Waals surface area contributed by atoms with Crippen LogP contribution in [0.5, 0.6) is 46.0 Å². The van der Waals surface area contributed by atoms with E-state index in [9.17, 15) is 4.79 Å². The zero-order chi connectivity index (χ0) is 34.5. The number of methoxy groups -OCH3 is 6. The molecule has 1 saturated heterocycles. The molecule has 0 aliphatic carbocycles. The van der Waals surface area contributed by atoms with Crippen LogP contribution in [0.3, 0.4) is 0 Å². The number of hydrogen-bond donors (Lipinski definition) is 0. The van der Waals surface area contributed by atoms with Gasteiger partial charge >= 0.3 is 0 Å². The van der Waals surface area contributed by atoms with Gasteiger partial charge in [0.1, 0.15) is 0 Å². The van der Waals surface area contributed by atoms with Gasteiger partial charge in [0, 0.05) is 42.8 Å². The molecule has 1 fully saturated rings. The van der Waals surface area contributed by atoms with Crippen LogP contribution >= 0.6 is 0 Å². The molecule has 0 aromatic heterocycles. The van der Waals surface area contributed by atoms with Crippen LogP contribution in [-0.2, 0) is 4.84 Å². The summed E-state index contributed by atoms with van der Waals surface area (Å²) in [6.07, 6.45) is 4.40. The highest BCUT2D eigenvalue weighted by molar-refractivity contribution is 6.04. The minimum absolute atomic E-state index is 0.0283. The molecule has 3 aliphatic rings. The maximum Gasteiger partial charge on any atom is 0.256 e. The molecule has 3 aliphatic heterocycles. The summed E-state index contributed by atoms with van der Waals surface area (Å²) in [6, 6.07) is 10.9. The Kier molecular flexibility index (Phi) is 10.2. The lowest BCUT2D eigenvalue weighted by molar-refractivity contribution is 0.0774. The molecule has 1 unspecified atom stereocenters. The number of rotatable bonds is 14. The van der Waals surface area contributed by atoms with E-state index < -0.39 is 0 Å². The highest BCUT2D eigenvalue weighted by Crippen LogP contribution is 2.44. The van der Waals surface area contributed by atoms with Crippen LogP contribution < -0.4 is 37.9 Å². The van der Waals surface area contributed by atoms with Crippen LogP contribution in [-0.4, -0.2) is 91.2 Å². The van der Waals surface area contributed by atoms with E-state index in [0.717, 1.165) is 36.2 Å². The van der Waals surface area contributed by atoms with Crippen molar-refractivity contribution in [1.82, 2.24) is 4.90 Å². The van der Waals surface area contributed by atoms with Gasteiger partial charge in [0.15, 0.2) is 40.6 Å². The first-order valence-electron chi connectivity index (χ1n) is 16.0. The third kappa shape index (κ3) is 6.70. The first-order valence-corrected chi connectivity index (χ1v) is 16.0. The second-order valence-corrected chi connectivity index (χ2v) is 11.6. The molecule has 0 bridgehead atoms. The number of fused-ring (bicyclic) bond motifs is 2. The summed E-state index contributed by atoms with van der Waals surface area (Å²) in [5, 5.41) is 4.36. The van der Waals surface area contributed by atoms with Crippen molar-refractivity contribution in [2.24, 2.45) is 10.1 Å². The fraction of sp³-hybridized carbons (Fsp3) is 0.417. The monoisotopic (exact) mass is 675 g/mol. The molecule has 3 heterocycles. The van der Waals surface area contributed by atoms with Gasteiger partial charge in [-0.2, -0.15) is 0 Å². The molecule has 0 radical (unpaired) electrons. The molecule has 1 amide bonds. The van der Waals surface area contributed by atoms with Crippen molar-refractivity contribution in [3.05, 3.63) is 53.1 Å². The Morgan fingerprint density at radius 2 is 1.41 bits per heavy atom. The van der Waals surface area contributed by atoms with E-state index >= 15 is 0 Å². The first-order chi connectivity index (χ1) is 23.9.